The minimum absolute atomic E-state index is 0.00783. The van der Waals surface area contributed by atoms with Crippen molar-refractivity contribution in [1.29, 1.82) is 0 Å². The van der Waals surface area contributed by atoms with E-state index in [-0.39, 0.29) is 15.6 Å². The highest BCUT2D eigenvalue weighted by atomic mass is 35.5. The summed E-state index contributed by atoms with van der Waals surface area (Å²) >= 11 is 5.93. The van der Waals surface area contributed by atoms with E-state index in [0.29, 0.717) is 13.0 Å². The highest BCUT2D eigenvalue weighted by molar-refractivity contribution is 7.90. The molecule has 0 saturated carbocycles. The van der Waals surface area contributed by atoms with Crippen LogP contribution in [0.4, 0.5) is 0 Å². The second-order valence-electron chi connectivity index (χ2n) is 6.64. The Hall–Kier alpha value is -2.39. The molecule has 0 aliphatic carbocycles. The van der Waals surface area contributed by atoms with Gasteiger partial charge in [-0.2, -0.15) is 5.10 Å². The predicted molar refractivity (Wildman–Crippen MR) is 98.8 cm³/mol. The summed E-state index contributed by atoms with van der Waals surface area (Å²) in [5.74, 6) is -1.20. The molecule has 27 heavy (non-hydrogen) atoms. The van der Waals surface area contributed by atoms with Crippen LogP contribution in [-0.2, 0) is 21.9 Å². The molecular weight excluding hydrogens is 392 g/mol. The van der Waals surface area contributed by atoms with Gasteiger partial charge in [0.25, 0.3) is 21.8 Å². The van der Waals surface area contributed by atoms with E-state index >= 15 is 0 Å². The van der Waals surface area contributed by atoms with Gasteiger partial charge in [0.15, 0.2) is 5.69 Å². The number of hydrogen-bond acceptors (Lipinski definition) is 5. The van der Waals surface area contributed by atoms with E-state index in [1.54, 1.807) is 23.9 Å². The molecule has 1 saturated heterocycles. The summed E-state index contributed by atoms with van der Waals surface area (Å²) in [5, 5.41) is 4.14. The van der Waals surface area contributed by atoms with Crippen molar-refractivity contribution >= 4 is 33.4 Å². The summed E-state index contributed by atoms with van der Waals surface area (Å²) in [6, 6.07) is 7.45. The van der Waals surface area contributed by atoms with Crippen LogP contribution in [0.2, 0.25) is 5.02 Å². The highest BCUT2D eigenvalue weighted by Gasteiger charge is 2.51. The van der Waals surface area contributed by atoms with Crippen LogP contribution in [0, 0.1) is 6.92 Å². The Morgan fingerprint density at radius 1 is 1.30 bits per heavy atom. The fraction of sp³-hybridized carbons (Fsp3) is 0.353. The van der Waals surface area contributed by atoms with Gasteiger partial charge in [-0.1, -0.05) is 23.7 Å². The van der Waals surface area contributed by atoms with Gasteiger partial charge in [0.1, 0.15) is 10.4 Å². The lowest BCUT2D eigenvalue weighted by atomic mass is 9.85. The molecule has 144 valence electrons. The number of rotatable bonds is 4. The quantitative estimate of drug-likeness (QED) is 0.822. The Labute approximate surface area is 162 Å². The lowest BCUT2D eigenvalue weighted by Gasteiger charge is -2.48. The van der Waals surface area contributed by atoms with Gasteiger partial charge in [-0.25, -0.2) is 13.1 Å². The first-order valence-electron chi connectivity index (χ1n) is 8.20. The Kier molecular flexibility index (Phi) is 4.77. The molecule has 1 fully saturated rings. The first-order valence-corrected chi connectivity index (χ1v) is 10.1. The van der Waals surface area contributed by atoms with Crippen molar-refractivity contribution in [3.05, 3.63) is 46.7 Å². The molecule has 2 amide bonds. The second kappa shape index (κ2) is 6.65. The number of nitrogens with zero attached hydrogens (tertiary/aromatic N) is 3. The van der Waals surface area contributed by atoms with Crippen molar-refractivity contribution in [3.8, 4) is 0 Å². The van der Waals surface area contributed by atoms with E-state index in [9.17, 15) is 18.0 Å². The molecule has 0 spiro atoms. The topological polar surface area (TPSA) is 101 Å². The van der Waals surface area contributed by atoms with Crippen LogP contribution >= 0.6 is 11.6 Å². The number of aromatic nitrogens is 2. The first-order chi connectivity index (χ1) is 12.6. The summed E-state index contributed by atoms with van der Waals surface area (Å²) in [4.78, 5) is 26.5. The van der Waals surface area contributed by atoms with Crippen LogP contribution in [0.1, 0.15) is 29.5 Å². The molecule has 0 bridgehead atoms. The van der Waals surface area contributed by atoms with Crippen LogP contribution in [0.3, 0.4) is 0 Å². The molecule has 1 unspecified atom stereocenters. The molecule has 0 radical (unpaired) electrons. The lowest BCUT2D eigenvalue weighted by Crippen LogP contribution is -2.67. The van der Waals surface area contributed by atoms with Gasteiger partial charge >= 0.3 is 0 Å². The standard InChI is InChI=1S/C17H19ClN4O4S/c1-11-10-13(19-21(11)3)15(23)22-9-8-17(22,2)16(24)20-27(25,26)14-7-5-4-6-12(14)18/h4-7,10H,8-9H2,1-3H3,(H,20,24). The summed E-state index contributed by atoms with van der Waals surface area (Å²) in [5.41, 5.74) is -0.273. The summed E-state index contributed by atoms with van der Waals surface area (Å²) < 4.78 is 28.6. The van der Waals surface area contributed by atoms with E-state index in [1.165, 1.54) is 30.0 Å². The number of likely N-dealkylation sites (tertiary alicyclic amines) is 1. The molecule has 10 heteroatoms. The van der Waals surface area contributed by atoms with E-state index in [4.69, 9.17) is 11.6 Å². The third-order valence-corrected chi connectivity index (χ3v) is 6.67. The summed E-state index contributed by atoms with van der Waals surface area (Å²) in [7, 11) is -2.44. The van der Waals surface area contributed by atoms with Gasteiger partial charge in [-0.15, -0.1) is 0 Å². The molecule has 8 nitrogen and oxygen atoms in total. The number of hydrogen-bond donors (Lipinski definition) is 1. The van der Waals surface area contributed by atoms with E-state index < -0.39 is 27.4 Å². The molecule has 1 aromatic carbocycles. The minimum Gasteiger partial charge on any atom is -0.323 e. The average molecular weight is 411 g/mol. The van der Waals surface area contributed by atoms with Crippen molar-refractivity contribution in [2.24, 2.45) is 7.05 Å². The van der Waals surface area contributed by atoms with E-state index in [2.05, 4.69) is 5.10 Å². The van der Waals surface area contributed by atoms with Crippen molar-refractivity contribution in [2.45, 2.75) is 30.7 Å². The minimum atomic E-state index is -4.16. The highest BCUT2D eigenvalue weighted by Crippen LogP contribution is 2.33. The number of sulfonamides is 1. The molecule has 2 aromatic rings. The van der Waals surface area contributed by atoms with Crippen molar-refractivity contribution in [1.82, 2.24) is 19.4 Å². The Balaban J connectivity index is 1.82. The number of carbonyl (C=O) groups excluding carboxylic acids is 2. The van der Waals surface area contributed by atoms with Crippen molar-refractivity contribution in [2.75, 3.05) is 6.54 Å². The molecule has 1 atom stereocenters. The number of amides is 2. The normalized spacial score (nSPS) is 19.5. The predicted octanol–water partition coefficient (Wildman–Crippen LogP) is 1.49. The maximum Gasteiger partial charge on any atom is 0.275 e. The van der Waals surface area contributed by atoms with Crippen LogP contribution in [0.25, 0.3) is 0 Å². The van der Waals surface area contributed by atoms with Crippen LogP contribution in [0.5, 0.6) is 0 Å². The van der Waals surface area contributed by atoms with Gasteiger partial charge in [-0.05, 0) is 38.5 Å². The molecular formula is C17H19ClN4O4S. The number of benzene rings is 1. The van der Waals surface area contributed by atoms with Gasteiger partial charge in [0.05, 0.1) is 5.02 Å². The van der Waals surface area contributed by atoms with Crippen LogP contribution < -0.4 is 4.72 Å². The number of nitrogens with one attached hydrogen (secondary N) is 1. The summed E-state index contributed by atoms with van der Waals surface area (Å²) in [6.07, 6.45) is 0.342. The maximum atomic E-state index is 12.7. The second-order valence-corrected chi connectivity index (χ2v) is 8.70. The SMILES string of the molecule is Cc1cc(C(=O)N2CCC2(C)C(=O)NS(=O)(=O)c2ccccc2Cl)nn1C. The third-order valence-electron chi connectivity index (χ3n) is 4.84. The Bertz CT molecular complexity index is 1010. The Morgan fingerprint density at radius 3 is 2.48 bits per heavy atom. The number of carbonyl (C=O) groups is 2. The molecule has 1 aliphatic heterocycles. The fourth-order valence-electron chi connectivity index (χ4n) is 2.87. The molecule has 2 heterocycles. The molecule has 1 N–H and O–H groups in total. The number of aryl methyl sites for hydroxylation is 2. The van der Waals surface area contributed by atoms with Crippen LogP contribution in [-0.4, -0.2) is 47.0 Å². The third kappa shape index (κ3) is 3.32. The zero-order valence-electron chi connectivity index (χ0n) is 15.1. The fourth-order valence-corrected chi connectivity index (χ4v) is 4.47. The smallest absolute Gasteiger partial charge is 0.275 e. The average Bonchev–Trinajstić information content (AvgIpc) is 2.92. The van der Waals surface area contributed by atoms with Crippen molar-refractivity contribution in [3.63, 3.8) is 0 Å². The molecule has 1 aromatic heterocycles. The monoisotopic (exact) mass is 410 g/mol. The zero-order valence-corrected chi connectivity index (χ0v) is 16.6. The van der Waals surface area contributed by atoms with Crippen LogP contribution in [0.15, 0.2) is 35.2 Å². The maximum absolute atomic E-state index is 12.7. The van der Waals surface area contributed by atoms with E-state index in [1.807, 2.05) is 11.6 Å². The Morgan fingerprint density at radius 2 is 1.96 bits per heavy atom. The molecule has 1 aliphatic rings. The summed E-state index contributed by atoms with van der Waals surface area (Å²) in [6.45, 7) is 3.67. The molecule has 3 rings (SSSR count). The van der Waals surface area contributed by atoms with E-state index in [0.717, 1.165) is 5.69 Å². The largest absolute Gasteiger partial charge is 0.323 e. The van der Waals surface area contributed by atoms with Crippen molar-refractivity contribution < 1.29 is 18.0 Å². The first kappa shape index (κ1) is 19.4. The lowest BCUT2D eigenvalue weighted by molar-refractivity contribution is -0.135. The van der Waals surface area contributed by atoms with Gasteiger partial charge in [0.2, 0.25) is 0 Å². The van der Waals surface area contributed by atoms with Gasteiger partial charge in [-0.3, -0.25) is 14.3 Å². The van der Waals surface area contributed by atoms with Gasteiger partial charge in [0, 0.05) is 19.3 Å². The van der Waals surface area contributed by atoms with Gasteiger partial charge < -0.3 is 4.90 Å². The zero-order chi connectivity index (χ0) is 20.0. The number of halogens is 1.